The van der Waals surface area contributed by atoms with Crippen molar-refractivity contribution in [2.45, 2.75) is 6.54 Å². The van der Waals surface area contributed by atoms with Crippen molar-refractivity contribution in [3.8, 4) is 0 Å². The van der Waals surface area contributed by atoms with E-state index in [4.69, 9.17) is 23.2 Å². The van der Waals surface area contributed by atoms with E-state index >= 15 is 0 Å². The van der Waals surface area contributed by atoms with Crippen molar-refractivity contribution in [1.82, 2.24) is 9.97 Å². The zero-order chi connectivity index (χ0) is 12.3. The van der Waals surface area contributed by atoms with Crippen LogP contribution in [0.15, 0.2) is 34.9 Å². The van der Waals surface area contributed by atoms with Gasteiger partial charge in [0.1, 0.15) is 5.82 Å². The monoisotopic (exact) mass is 331 g/mol. The topological polar surface area (TPSA) is 37.8 Å². The Balaban J connectivity index is 2.07. The molecule has 0 saturated carbocycles. The molecule has 1 N–H and O–H groups in total. The second-order valence-electron chi connectivity index (χ2n) is 3.32. The first-order valence-corrected chi connectivity index (χ1v) is 6.36. The molecule has 0 aliphatic heterocycles. The normalized spacial score (nSPS) is 10.3. The summed E-state index contributed by atoms with van der Waals surface area (Å²) >= 11 is 14.9. The number of nitrogens with zero attached hydrogens (tertiary/aromatic N) is 2. The summed E-state index contributed by atoms with van der Waals surface area (Å²) in [4.78, 5) is 7.93. The smallest absolute Gasteiger partial charge is 0.224 e. The van der Waals surface area contributed by atoms with Crippen molar-refractivity contribution in [2.75, 3.05) is 5.32 Å². The molecule has 88 valence electrons. The number of benzene rings is 1. The van der Waals surface area contributed by atoms with E-state index in [2.05, 4.69) is 31.2 Å². The molecule has 3 nitrogen and oxygen atoms in total. The fourth-order valence-electron chi connectivity index (χ4n) is 1.26. The number of anilines is 1. The molecule has 0 bridgehead atoms. The summed E-state index contributed by atoms with van der Waals surface area (Å²) in [6.45, 7) is 0.642. The van der Waals surface area contributed by atoms with Gasteiger partial charge in [0.2, 0.25) is 5.28 Å². The number of aromatic nitrogens is 2. The van der Waals surface area contributed by atoms with E-state index in [0.717, 1.165) is 15.1 Å². The Kier molecular flexibility index (Phi) is 4.20. The molecule has 1 aromatic heterocycles. The molecule has 0 aliphatic rings. The maximum absolute atomic E-state index is 5.81. The van der Waals surface area contributed by atoms with E-state index in [1.165, 1.54) is 0 Å². The van der Waals surface area contributed by atoms with Crippen LogP contribution < -0.4 is 5.32 Å². The number of rotatable bonds is 3. The van der Waals surface area contributed by atoms with Crippen LogP contribution in [0.3, 0.4) is 0 Å². The Morgan fingerprint density at radius 2 is 1.88 bits per heavy atom. The first-order chi connectivity index (χ1) is 8.15. The lowest BCUT2D eigenvalue weighted by Gasteiger charge is -2.07. The minimum absolute atomic E-state index is 0.215. The molecule has 0 saturated heterocycles. The van der Waals surface area contributed by atoms with Gasteiger partial charge in [-0.25, -0.2) is 4.98 Å². The largest absolute Gasteiger partial charge is 0.365 e. The van der Waals surface area contributed by atoms with Crippen molar-refractivity contribution in [3.63, 3.8) is 0 Å². The summed E-state index contributed by atoms with van der Waals surface area (Å²) in [5.41, 5.74) is 1.11. The van der Waals surface area contributed by atoms with Crippen LogP contribution in [0.4, 0.5) is 5.82 Å². The summed E-state index contributed by atoms with van der Waals surface area (Å²) in [5, 5.41) is 4.10. The van der Waals surface area contributed by atoms with Crippen LogP contribution in [0.1, 0.15) is 5.56 Å². The van der Waals surface area contributed by atoms with E-state index in [1.54, 1.807) is 6.20 Å². The summed E-state index contributed by atoms with van der Waals surface area (Å²) in [6.07, 6.45) is 1.61. The van der Waals surface area contributed by atoms with E-state index in [1.807, 2.05) is 24.3 Å². The van der Waals surface area contributed by atoms with Crippen LogP contribution in [0.25, 0.3) is 0 Å². The van der Waals surface area contributed by atoms with Gasteiger partial charge in [0.05, 0.1) is 4.47 Å². The summed E-state index contributed by atoms with van der Waals surface area (Å²) in [7, 11) is 0. The van der Waals surface area contributed by atoms with Crippen LogP contribution in [0, 0.1) is 0 Å². The lowest BCUT2D eigenvalue weighted by molar-refractivity contribution is 1.07. The summed E-state index contributed by atoms with van der Waals surface area (Å²) in [5.74, 6) is 0.667. The lowest BCUT2D eigenvalue weighted by Crippen LogP contribution is -2.02. The van der Waals surface area contributed by atoms with Gasteiger partial charge in [0.15, 0.2) is 0 Å². The third-order valence-electron chi connectivity index (χ3n) is 2.09. The zero-order valence-electron chi connectivity index (χ0n) is 8.62. The zero-order valence-corrected chi connectivity index (χ0v) is 11.7. The highest BCUT2D eigenvalue weighted by Gasteiger charge is 2.03. The van der Waals surface area contributed by atoms with Gasteiger partial charge < -0.3 is 5.32 Å². The molecule has 6 heteroatoms. The van der Waals surface area contributed by atoms with Gasteiger partial charge in [-0.1, -0.05) is 23.7 Å². The van der Waals surface area contributed by atoms with Gasteiger partial charge in [-0.15, -0.1) is 0 Å². The highest BCUT2D eigenvalue weighted by atomic mass is 79.9. The fraction of sp³-hybridized carbons (Fsp3) is 0.0909. The highest BCUT2D eigenvalue weighted by molar-refractivity contribution is 9.10. The van der Waals surface area contributed by atoms with Gasteiger partial charge in [-0.3, -0.25) is 0 Å². The molecule has 0 spiro atoms. The van der Waals surface area contributed by atoms with E-state index < -0.39 is 0 Å². The van der Waals surface area contributed by atoms with Gasteiger partial charge in [0, 0.05) is 17.8 Å². The minimum Gasteiger partial charge on any atom is -0.365 e. The van der Waals surface area contributed by atoms with Crippen LogP contribution in [0.2, 0.25) is 10.3 Å². The van der Waals surface area contributed by atoms with Crippen molar-refractivity contribution < 1.29 is 0 Å². The summed E-state index contributed by atoms with van der Waals surface area (Å²) in [6, 6.07) is 7.60. The maximum Gasteiger partial charge on any atom is 0.224 e. The highest BCUT2D eigenvalue weighted by Crippen LogP contribution is 2.21. The molecule has 0 aliphatic carbocycles. The molecule has 1 aromatic carbocycles. The van der Waals surface area contributed by atoms with Gasteiger partial charge in [-0.2, -0.15) is 4.98 Å². The van der Waals surface area contributed by atoms with Crippen LogP contribution in [0.5, 0.6) is 0 Å². The fourth-order valence-corrected chi connectivity index (χ4v) is 1.85. The Bertz CT molecular complexity index is 517. The number of halogens is 3. The van der Waals surface area contributed by atoms with Crippen LogP contribution in [-0.2, 0) is 6.54 Å². The second kappa shape index (κ2) is 5.67. The third kappa shape index (κ3) is 3.56. The molecule has 2 aromatic rings. The molecule has 2 rings (SSSR count). The summed E-state index contributed by atoms with van der Waals surface area (Å²) < 4.78 is 0.774. The van der Waals surface area contributed by atoms with Crippen molar-refractivity contribution in [2.24, 2.45) is 0 Å². The number of hydrogen-bond donors (Lipinski definition) is 1. The average molecular weight is 333 g/mol. The lowest BCUT2D eigenvalue weighted by atomic mass is 10.2. The molecule has 0 fully saturated rings. The Morgan fingerprint density at radius 1 is 1.18 bits per heavy atom. The molecule has 0 radical (unpaired) electrons. The number of hydrogen-bond acceptors (Lipinski definition) is 3. The molecular weight excluding hydrogens is 325 g/mol. The van der Waals surface area contributed by atoms with Crippen molar-refractivity contribution >= 4 is 44.9 Å². The molecule has 0 amide bonds. The average Bonchev–Trinajstić information content (AvgIpc) is 2.32. The van der Waals surface area contributed by atoms with Crippen LogP contribution >= 0.6 is 39.1 Å². The van der Waals surface area contributed by atoms with Crippen molar-refractivity contribution in [1.29, 1.82) is 0 Å². The number of nitrogens with one attached hydrogen (secondary N) is 1. The predicted octanol–water partition coefficient (Wildman–Crippen LogP) is 4.16. The van der Waals surface area contributed by atoms with Crippen LogP contribution in [-0.4, -0.2) is 9.97 Å². The molecule has 1 heterocycles. The van der Waals surface area contributed by atoms with E-state index in [9.17, 15) is 0 Å². The maximum atomic E-state index is 5.81. The first kappa shape index (κ1) is 12.6. The molecular formula is C11H8BrCl2N3. The van der Waals surface area contributed by atoms with Gasteiger partial charge >= 0.3 is 0 Å². The Morgan fingerprint density at radius 3 is 2.59 bits per heavy atom. The Hall–Kier alpha value is -0.840. The minimum atomic E-state index is 0.215. The first-order valence-electron chi connectivity index (χ1n) is 4.81. The predicted molar refractivity (Wildman–Crippen MR) is 73.5 cm³/mol. The molecule has 0 unspecified atom stereocenters. The Labute approximate surface area is 117 Å². The van der Waals surface area contributed by atoms with E-state index in [-0.39, 0.29) is 5.28 Å². The quantitative estimate of drug-likeness (QED) is 0.858. The SMILES string of the molecule is Clc1ccc(CNc2nc(Cl)ncc2Br)cc1. The standard InChI is InChI=1S/C11H8BrCl2N3/c12-9-6-16-11(14)17-10(9)15-5-7-1-3-8(13)4-2-7/h1-4,6H,5H2,(H,15,16,17). The molecule has 0 atom stereocenters. The van der Waals surface area contributed by atoms with Gasteiger partial charge in [-0.05, 0) is 45.2 Å². The third-order valence-corrected chi connectivity index (χ3v) is 3.10. The molecule has 17 heavy (non-hydrogen) atoms. The van der Waals surface area contributed by atoms with E-state index in [0.29, 0.717) is 12.4 Å². The second-order valence-corrected chi connectivity index (χ2v) is 4.94. The van der Waals surface area contributed by atoms with Crippen molar-refractivity contribution in [3.05, 3.63) is 50.8 Å². The van der Waals surface area contributed by atoms with Gasteiger partial charge in [0.25, 0.3) is 0 Å².